The number of benzene rings is 1. The molecule has 0 spiro atoms. The average Bonchev–Trinajstić information content (AvgIpc) is 2.43. The standard InChI is InChI=1S/C12H15ClN2O4S/c1-19-12(16)9-4-5-10(13)11(8-9)20(17,18)15-7-3-2-6-14/h2-5,8,15H,6-7,14H2,1H3/b3-2+. The van der Waals surface area contributed by atoms with Crippen molar-refractivity contribution in [2.75, 3.05) is 20.2 Å². The topological polar surface area (TPSA) is 98.5 Å². The first kappa shape index (κ1) is 16.6. The second kappa shape index (κ2) is 7.39. The molecule has 1 rings (SSSR count). The quantitative estimate of drug-likeness (QED) is 0.600. The number of methoxy groups -OCH3 is 1. The molecular weight excluding hydrogens is 304 g/mol. The summed E-state index contributed by atoms with van der Waals surface area (Å²) in [6, 6.07) is 3.89. The molecule has 1 aromatic carbocycles. The zero-order valence-corrected chi connectivity index (χ0v) is 12.4. The average molecular weight is 319 g/mol. The van der Waals surface area contributed by atoms with Gasteiger partial charge in [-0.15, -0.1) is 0 Å². The number of hydrogen-bond donors (Lipinski definition) is 2. The summed E-state index contributed by atoms with van der Waals surface area (Å²) >= 11 is 5.86. The van der Waals surface area contributed by atoms with Crippen molar-refractivity contribution in [3.63, 3.8) is 0 Å². The van der Waals surface area contributed by atoms with Gasteiger partial charge in [0.15, 0.2) is 0 Å². The van der Waals surface area contributed by atoms with Gasteiger partial charge in [-0.3, -0.25) is 0 Å². The molecule has 20 heavy (non-hydrogen) atoms. The molecule has 8 heteroatoms. The maximum absolute atomic E-state index is 12.1. The molecule has 0 bridgehead atoms. The molecule has 0 atom stereocenters. The van der Waals surface area contributed by atoms with E-state index in [1.54, 1.807) is 12.2 Å². The molecular formula is C12H15ClN2O4S. The molecule has 6 nitrogen and oxygen atoms in total. The highest BCUT2D eigenvalue weighted by molar-refractivity contribution is 7.89. The number of nitrogens with two attached hydrogens (primary N) is 1. The fourth-order valence-electron chi connectivity index (χ4n) is 1.37. The van der Waals surface area contributed by atoms with Crippen LogP contribution >= 0.6 is 11.6 Å². The van der Waals surface area contributed by atoms with E-state index < -0.39 is 16.0 Å². The van der Waals surface area contributed by atoms with Crippen molar-refractivity contribution in [3.8, 4) is 0 Å². The van der Waals surface area contributed by atoms with E-state index in [-0.39, 0.29) is 22.0 Å². The van der Waals surface area contributed by atoms with Gasteiger partial charge in [0.25, 0.3) is 0 Å². The molecule has 0 amide bonds. The molecule has 0 saturated heterocycles. The van der Waals surface area contributed by atoms with E-state index in [1.165, 1.54) is 25.3 Å². The van der Waals surface area contributed by atoms with Crippen LogP contribution in [0.4, 0.5) is 0 Å². The van der Waals surface area contributed by atoms with Crippen LogP contribution in [0.3, 0.4) is 0 Å². The van der Waals surface area contributed by atoms with Crippen molar-refractivity contribution in [2.24, 2.45) is 5.73 Å². The Balaban J connectivity index is 3.04. The second-order valence-electron chi connectivity index (χ2n) is 3.70. The first-order valence-corrected chi connectivity index (χ1v) is 7.51. The van der Waals surface area contributed by atoms with Crippen LogP contribution in [0.5, 0.6) is 0 Å². The lowest BCUT2D eigenvalue weighted by Crippen LogP contribution is -2.24. The van der Waals surface area contributed by atoms with Gasteiger partial charge in [0.05, 0.1) is 17.7 Å². The predicted octanol–water partition coefficient (Wildman–Crippen LogP) is 0.920. The lowest BCUT2D eigenvalue weighted by molar-refractivity contribution is 0.0600. The van der Waals surface area contributed by atoms with Crippen LogP contribution in [-0.4, -0.2) is 34.6 Å². The Labute approximate surface area is 122 Å². The van der Waals surface area contributed by atoms with Gasteiger partial charge in [0.1, 0.15) is 4.90 Å². The van der Waals surface area contributed by atoms with Crippen molar-refractivity contribution in [3.05, 3.63) is 40.9 Å². The molecule has 0 heterocycles. The highest BCUT2D eigenvalue weighted by Gasteiger charge is 2.19. The molecule has 1 aromatic rings. The number of carbonyl (C=O) groups is 1. The normalized spacial score (nSPS) is 11.8. The van der Waals surface area contributed by atoms with Gasteiger partial charge >= 0.3 is 5.97 Å². The Morgan fingerprint density at radius 3 is 2.75 bits per heavy atom. The summed E-state index contributed by atoms with van der Waals surface area (Å²) in [5.41, 5.74) is 5.35. The SMILES string of the molecule is COC(=O)c1ccc(Cl)c(S(=O)(=O)NC/C=C/CN)c1. The molecule has 0 saturated carbocycles. The number of nitrogens with one attached hydrogen (secondary N) is 1. The van der Waals surface area contributed by atoms with Gasteiger partial charge in [-0.25, -0.2) is 17.9 Å². The van der Waals surface area contributed by atoms with Gasteiger partial charge in [0, 0.05) is 13.1 Å². The van der Waals surface area contributed by atoms with Gasteiger partial charge in [-0.05, 0) is 18.2 Å². The maximum Gasteiger partial charge on any atom is 0.337 e. The minimum absolute atomic E-state index is 0.0213. The third-order valence-corrected chi connectivity index (χ3v) is 4.24. The minimum Gasteiger partial charge on any atom is -0.465 e. The summed E-state index contributed by atoms with van der Waals surface area (Å²) in [6.45, 7) is 0.401. The smallest absolute Gasteiger partial charge is 0.337 e. The maximum atomic E-state index is 12.1. The highest BCUT2D eigenvalue weighted by atomic mass is 35.5. The van der Waals surface area contributed by atoms with Crippen molar-refractivity contribution in [2.45, 2.75) is 4.90 Å². The molecule has 0 aliphatic rings. The predicted molar refractivity (Wildman–Crippen MR) is 76.2 cm³/mol. The van der Waals surface area contributed by atoms with Gasteiger partial charge in [0.2, 0.25) is 10.0 Å². The fraction of sp³-hybridized carbons (Fsp3) is 0.250. The van der Waals surface area contributed by atoms with E-state index in [0.717, 1.165) is 0 Å². The second-order valence-corrected chi connectivity index (χ2v) is 5.84. The molecule has 0 fully saturated rings. The van der Waals surface area contributed by atoms with Crippen molar-refractivity contribution < 1.29 is 17.9 Å². The van der Waals surface area contributed by atoms with E-state index in [4.69, 9.17) is 17.3 Å². The van der Waals surface area contributed by atoms with Crippen molar-refractivity contribution in [1.29, 1.82) is 0 Å². The third-order valence-electron chi connectivity index (χ3n) is 2.34. The summed E-state index contributed by atoms with van der Waals surface area (Å²) in [6.07, 6.45) is 3.20. The monoisotopic (exact) mass is 318 g/mol. The van der Waals surface area contributed by atoms with Gasteiger partial charge < -0.3 is 10.5 Å². The van der Waals surface area contributed by atoms with Crippen LogP contribution in [0.25, 0.3) is 0 Å². The Bertz CT molecular complexity index is 614. The van der Waals surface area contributed by atoms with Crippen LogP contribution < -0.4 is 10.5 Å². The largest absolute Gasteiger partial charge is 0.465 e. The van der Waals surface area contributed by atoms with E-state index >= 15 is 0 Å². The zero-order valence-electron chi connectivity index (χ0n) is 10.8. The van der Waals surface area contributed by atoms with E-state index in [1.807, 2.05) is 0 Å². The number of carbonyl (C=O) groups excluding carboxylic acids is 1. The minimum atomic E-state index is -3.82. The van der Waals surface area contributed by atoms with E-state index in [2.05, 4.69) is 9.46 Å². The number of esters is 1. The molecule has 0 unspecified atom stereocenters. The summed E-state index contributed by atoms with van der Waals surface area (Å²) < 4.78 is 31.0. The summed E-state index contributed by atoms with van der Waals surface area (Å²) in [7, 11) is -2.61. The highest BCUT2D eigenvalue weighted by Crippen LogP contribution is 2.22. The fourth-order valence-corrected chi connectivity index (χ4v) is 2.87. The zero-order chi connectivity index (χ0) is 15.2. The molecule has 110 valence electrons. The van der Waals surface area contributed by atoms with Crippen LogP contribution in [0, 0.1) is 0 Å². The van der Waals surface area contributed by atoms with Crippen molar-refractivity contribution >= 4 is 27.6 Å². The molecule has 0 aliphatic heterocycles. The van der Waals surface area contributed by atoms with Crippen LogP contribution in [0.15, 0.2) is 35.2 Å². The van der Waals surface area contributed by atoms with E-state index in [9.17, 15) is 13.2 Å². The molecule has 0 aliphatic carbocycles. The molecule has 3 N–H and O–H groups in total. The van der Waals surface area contributed by atoms with Crippen LogP contribution in [0.2, 0.25) is 5.02 Å². The number of ether oxygens (including phenoxy) is 1. The number of rotatable bonds is 6. The summed E-state index contributed by atoms with van der Waals surface area (Å²) in [4.78, 5) is 11.2. The molecule has 0 aromatic heterocycles. The third kappa shape index (κ3) is 4.31. The number of halogens is 1. The number of hydrogen-bond acceptors (Lipinski definition) is 5. The first-order chi connectivity index (χ1) is 9.42. The number of sulfonamides is 1. The Morgan fingerprint density at radius 2 is 2.15 bits per heavy atom. The van der Waals surface area contributed by atoms with Crippen molar-refractivity contribution in [1.82, 2.24) is 4.72 Å². The summed E-state index contributed by atoms with van der Waals surface area (Å²) in [5.74, 6) is -0.638. The first-order valence-electron chi connectivity index (χ1n) is 5.65. The van der Waals surface area contributed by atoms with E-state index in [0.29, 0.717) is 6.54 Å². The Kier molecular flexibility index (Phi) is 6.15. The summed E-state index contributed by atoms with van der Waals surface area (Å²) in [5, 5.41) is 0.0213. The van der Waals surface area contributed by atoms with Crippen LogP contribution in [-0.2, 0) is 14.8 Å². The Morgan fingerprint density at radius 1 is 1.45 bits per heavy atom. The lowest BCUT2D eigenvalue weighted by Gasteiger charge is -2.08. The Hall–Kier alpha value is -1.41. The molecule has 0 radical (unpaired) electrons. The van der Waals surface area contributed by atoms with Gasteiger partial charge in [-0.1, -0.05) is 23.8 Å². The van der Waals surface area contributed by atoms with Crippen LogP contribution in [0.1, 0.15) is 10.4 Å². The van der Waals surface area contributed by atoms with Gasteiger partial charge in [-0.2, -0.15) is 0 Å². The lowest BCUT2D eigenvalue weighted by atomic mass is 10.2.